The Balaban J connectivity index is 1.70. The summed E-state index contributed by atoms with van der Waals surface area (Å²) in [5.74, 6) is 0.942. The molecule has 1 unspecified atom stereocenters. The lowest BCUT2D eigenvalue weighted by Gasteiger charge is -2.31. The van der Waals surface area contributed by atoms with Crippen LogP contribution >= 0.6 is 0 Å². The summed E-state index contributed by atoms with van der Waals surface area (Å²) in [7, 11) is -4.71. The van der Waals surface area contributed by atoms with Gasteiger partial charge in [0.2, 0.25) is 15.8 Å². The number of hydrogen-bond donors (Lipinski definition) is 3. The van der Waals surface area contributed by atoms with Gasteiger partial charge >= 0.3 is 6.18 Å². The molecule has 0 spiro atoms. The Hall–Kier alpha value is -2.05. The molecule has 8 nitrogen and oxygen atoms in total. The Morgan fingerprint density at radius 3 is 2.39 bits per heavy atom. The number of nitrogens with zero attached hydrogens (tertiary/aromatic N) is 3. The first-order valence-corrected chi connectivity index (χ1v) is 11.9. The highest BCUT2D eigenvalue weighted by Gasteiger charge is 2.40. The number of H-pyrrole nitrogens is 1. The van der Waals surface area contributed by atoms with Gasteiger partial charge in [-0.2, -0.15) is 18.4 Å². The van der Waals surface area contributed by atoms with Gasteiger partial charge in [0.1, 0.15) is 4.90 Å². The Bertz CT molecular complexity index is 1010. The molecule has 1 aromatic carbocycles. The molecule has 12 heteroatoms. The molecule has 2 aliphatic rings. The highest BCUT2D eigenvalue weighted by Crippen LogP contribution is 2.46. The molecule has 0 radical (unpaired) electrons. The number of aromatic amines is 1. The molecule has 2 aromatic rings. The number of benzene rings is 1. The van der Waals surface area contributed by atoms with E-state index >= 15 is 0 Å². The molecule has 0 bridgehead atoms. The summed E-state index contributed by atoms with van der Waals surface area (Å²) in [5, 5.41) is 21.8. The molecule has 2 heterocycles. The second-order valence-corrected chi connectivity index (χ2v) is 10.00. The summed E-state index contributed by atoms with van der Waals surface area (Å²) in [5.41, 5.74) is -1.05. The smallest absolute Gasteiger partial charge is 0.316 e. The largest absolute Gasteiger partial charge is 0.417 e. The van der Waals surface area contributed by atoms with Crippen molar-refractivity contribution in [2.75, 3.05) is 13.1 Å². The van der Waals surface area contributed by atoms with Gasteiger partial charge in [0.25, 0.3) is 0 Å². The highest BCUT2D eigenvalue weighted by atomic mass is 32.2. The van der Waals surface area contributed by atoms with Crippen molar-refractivity contribution in [2.45, 2.75) is 55.5 Å². The Labute approximate surface area is 178 Å². The van der Waals surface area contributed by atoms with Gasteiger partial charge in [0.15, 0.2) is 0 Å². The fraction of sp³-hybridized carbons (Fsp3) is 0.632. The molecule has 1 aromatic heterocycles. The lowest BCUT2D eigenvalue weighted by Crippen LogP contribution is -2.23. The van der Waals surface area contributed by atoms with Gasteiger partial charge in [0.05, 0.1) is 5.56 Å². The molecule has 1 saturated carbocycles. The van der Waals surface area contributed by atoms with Gasteiger partial charge in [0, 0.05) is 5.56 Å². The average molecular weight is 459 g/mol. The second kappa shape index (κ2) is 8.47. The normalized spacial score (nSPS) is 25.1. The minimum Gasteiger partial charge on any atom is -0.316 e. The van der Waals surface area contributed by atoms with Crippen LogP contribution in [0.5, 0.6) is 0 Å². The first kappa shape index (κ1) is 22.2. The summed E-state index contributed by atoms with van der Waals surface area (Å²) in [4.78, 5) is -0.988. The van der Waals surface area contributed by atoms with Crippen LogP contribution in [0.25, 0.3) is 11.4 Å². The fourth-order valence-electron chi connectivity index (χ4n) is 5.05. The first-order valence-electron chi connectivity index (χ1n) is 10.4. The number of aromatic nitrogens is 4. The molecule has 4 N–H and O–H groups in total. The fourth-order valence-corrected chi connectivity index (χ4v) is 6.04. The molecule has 1 aliphatic carbocycles. The van der Waals surface area contributed by atoms with Gasteiger partial charge in [-0.25, -0.2) is 13.6 Å². The standard InChI is InChI=1S/C19H25F3N6O2S/c20-19(21,22)15-6-5-14(16(17(15)31(23,29)30)18-25-27-28-26-18)13-3-1-11(2-4-13)9-12-7-8-24-10-12/h5-6,11-13,24H,1-4,7-10H2,(H2,23,29,30)(H,25,26,27,28). The monoisotopic (exact) mass is 458 g/mol. The summed E-state index contributed by atoms with van der Waals surface area (Å²) in [6, 6.07) is 2.14. The van der Waals surface area contributed by atoms with Gasteiger partial charge < -0.3 is 5.32 Å². The quantitative estimate of drug-likeness (QED) is 0.632. The number of nitrogens with two attached hydrogens (primary N) is 1. The van der Waals surface area contributed by atoms with Crippen molar-refractivity contribution in [1.82, 2.24) is 25.9 Å². The van der Waals surface area contributed by atoms with E-state index in [2.05, 4.69) is 25.9 Å². The van der Waals surface area contributed by atoms with E-state index in [0.29, 0.717) is 17.4 Å². The van der Waals surface area contributed by atoms with Crippen LogP contribution in [0.2, 0.25) is 0 Å². The van der Waals surface area contributed by atoms with E-state index in [-0.39, 0.29) is 17.3 Å². The maximum absolute atomic E-state index is 13.6. The summed E-state index contributed by atoms with van der Waals surface area (Å²) in [6.45, 7) is 2.09. The maximum Gasteiger partial charge on any atom is 0.417 e. The molecular weight excluding hydrogens is 433 g/mol. The Morgan fingerprint density at radius 1 is 1.10 bits per heavy atom. The van der Waals surface area contributed by atoms with Crippen LogP contribution in [0.15, 0.2) is 17.0 Å². The molecular formula is C19H25F3N6O2S. The van der Waals surface area contributed by atoms with Crippen LogP contribution < -0.4 is 10.5 Å². The van der Waals surface area contributed by atoms with E-state index in [1.807, 2.05) is 0 Å². The third kappa shape index (κ3) is 4.75. The second-order valence-electron chi connectivity index (χ2n) is 8.50. The zero-order chi connectivity index (χ0) is 22.2. The van der Waals surface area contributed by atoms with E-state index in [9.17, 15) is 21.6 Å². The summed E-state index contributed by atoms with van der Waals surface area (Å²) in [6.07, 6.45) is 0.824. The SMILES string of the molecule is NS(=O)(=O)c1c(C(F)(F)F)ccc(C2CCC(CC3CCNC3)CC2)c1-c1nn[nH]n1. The van der Waals surface area contributed by atoms with Crippen molar-refractivity contribution >= 4 is 10.0 Å². The predicted molar refractivity (Wildman–Crippen MR) is 106 cm³/mol. The molecule has 0 amide bonds. The van der Waals surface area contributed by atoms with Crippen molar-refractivity contribution < 1.29 is 21.6 Å². The molecule has 1 aliphatic heterocycles. The van der Waals surface area contributed by atoms with Crippen molar-refractivity contribution in [3.63, 3.8) is 0 Å². The lowest BCUT2D eigenvalue weighted by molar-refractivity contribution is -0.139. The molecule has 2 fully saturated rings. The van der Waals surface area contributed by atoms with Crippen LogP contribution in [-0.4, -0.2) is 42.1 Å². The third-order valence-corrected chi connectivity index (χ3v) is 7.46. The minimum atomic E-state index is -4.90. The number of tetrazole rings is 1. The number of primary sulfonamides is 1. The average Bonchev–Trinajstić information content (AvgIpc) is 3.40. The predicted octanol–water partition coefficient (Wildman–Crippen LogP) is 2.81. The van der Waals surface area contributed by atoms with Crippen molar-refractivity contribution in [1.29, 1.82) is 0 Å². The Kier molecular flexibility index (Phi) is 6.05. The summed E-state index contributed by atoms with van der Waals surface area (Å²) >= 11 is 0. The third-order valence-electron chi connectivity index (χ3n) is 6.46. The minimum absolute atomic E-state index is 0.103. The van der Waals surface area contributed by atoms with Crippen molar-refractivity contribution in [3.05, 3.63) is 23.3 Å². The van der Waals surface area contributed by atoms with E-state index in [1.165, 1.54) is 12.5 Å². The molecule has 31 heavy (non-hydrogen) atoms. The summed E-state index contributed by atoms with van der Waals surface area (Å²) < 4.78 is 65.5. The van der Waals surface area contributed by atoms with Gasteiger partial charge in [-0.15, -0.1) is 10.2 Å². The van der Waals surface area contributed by atoms with Crippen LogP contribution in [0.1, 0.15) is 55.6 Å². The van der Waals surface area contributed by atoms with Gasteiger partial charge in [-0.05, 0) is 86.2 Å². The van der Waals surface area contributed by atoms with Crippen LogP contribution in [0.4, 0.5) is 13.2 Å². The van der Waals surface area contributed by atoms with Gasteiger partial charge in [-0.1, -0.05) is 6.07 Å². The molecule has 1 atom stereocenters. The van der Waals surface area contributed by atoms with Crippen molar-refractivity contribution in [3.8, 4) is 11.4 Å². The number of nitrogens with one attached hydrogen (secondary N) is 2. The number of rotatable bonds is 5. The van der Waals surface area contributed by atoms with E-state index in [1.54, 1.807) is 0 Å². The molecule has 1 saturated heterocycles. The Morgan fingerprint density at radius 2 is 1.84 bits per heavy atom. The number of sulfonamides is 1. The van der Waals surface area contributed by atoms with Gasteiger partial charge in [-0.3, -0.25) is 0 Å². The zero-order valence-electron chi connectivity index (χ0n) is 16.8. The van der Waals surface area contributed by atoms with Crippen LogP contribution in [-0.2, 0) is 16.2 Å². The topological polar surface area (TPSA) is 127 Å². The lowest BCUT2D eigenvalue weighted by atomic mass is 9.74. The number of alkyl halides is 3. The van der Waals surface area contributed by atoms with E-state index in [4.69, 9.17) is 5.14 Å². The van der Waals surface area contributed by atoms with Crippen LogP contribution in [0, 0.1) is 11.8 Å². The highest BCUT2D eigenvalue weighted by molar-refractivity contribution is 7.89. The molecule has 170 valence electrons. The number of hydrogen-bond acceptors (Lipinski definition) is 6. The van der Waals surface area contributed by atoms with Crippen molar-refractivity contribution in [2.24, 2.45) is 17.0 Å². The first-order chi connectivity index (χ1) is 14.6. The van der Waals surface area contributed by atoms with E-state index < -0.39 is 26.7 Å². The molecule has 4 rings (SSSR count). The van der Waals surface area contributed by atoms with Crippen LogP contribution in [0.3, 0.4) is 0 Å². The maximum atomic E-state index is 13.6. The van der Waals surface area contributed by atoms with E-state index in [0.717, 1.165) is 51.3 Å². The number of halogens is 3. The zero-order valence-corrected chi connectivity index (χ0v) is 17.6.